The van der Waals surface area contributed by atoms with Crippen LogP contribution in [0, 0.1) is 17.0 Å². The Morgan fingerprint density at radius 2 is 1.21 bits per heavy atom. The number of carbonyl (C=O) groups excluding carboxylic acids is 4. The molecule has 0 aromatic heterocycles. The van der Waals surface area contributed by atoms with Gasteiger partial charge in [0, 0.05) is 33.6 Å². The van der Waals surface area contributed by atoms with Gasteiger partial charge in [0.25, 0.3) is 5.70 Å². The number of fused-ring (bicyclic) bond motifs is 2. The molecular formula is C41H46N2O15. The van der Waals surface area contributed by atoms with Crippen molar-refractivity contribution in [2.24, 2.45) is 11.8 Å². The number of carbonyl (C=O) groups is 4. The molecule has 0 fully saturated rings. The van der Waals surface area contributed by atoms with E-state index < -0.39 is 63.6 Å². The molecular weight excluding hydrogens is 760 g/mol. The lowest BCUT2D eigenvalue weighted by molar-refractivity contribution is -1.26. The molecule has 2 aliphatic heterocycles. The van der Waals surface area contributed by atoms with Crippen molar-refractivity contribution in [1.82, 2.24) is 0 Å². The van der Waals surface area contributed by atoms with E-state index >= 15 is 0 Å². The van der Waals surface area contributed by atoms with Crippen LogP contribution in [0.3, 0.4) is 0 Å². The van der Waals surface area contributed by atoms with Gasteiger partial charge in [-0.3, -0.25) is 24.0 Å². The number of rotatable bonds is 12. The van der Waals surface area contributed by atoms with Crippen molar-refractivity contribution >= 4 is 29.8 Å². The summed E-state index contributed by atoms with van der Waals surface area (Å²) in [5.74, 6) is -7.06. The molecule has 5 rings (SSSR count). The number of hydrogen-bond acceptors (Lipinski definition) is 15. The molecule has 0 bridgehead atoms. The minimum atomic E-state index is -2.08. The topological polar surface area (TPSA) is 200 Å². The summed E-state index contributed by atoms with van der Waals surface area (Å²) >= 11 is 0. The highest BCUT2D eigenvalue weighted by atomic mass is 17.0. The van der Waals surface area contributed by atoms with Gasteiger partial charge in [0.1, 0.15) is 12.9 Å². The average Bonchev–Trinajstić information content (AvgIpc) is 3.17. The average molecular weight is 807 g/mol. The highest BCUT2D eigenvalue weighted by Gasteiger charge is 2.77. The largest absolute Gasteiger partial charge is 0.821 e. The van der Waals surface area contributed by atoms with Crippen molar-refractivity contribution in [3.63, 3.8) is 0 Å². The lowest BCUT2D eigenvalue weighted by Gasteiger charge is -2.51. The van der Waals surface area contributed by atoms with Crippen LogP contribution in [-0.4, -0.2) is 66.4 Å². The number of hydroxylamine groups is 5. The predicted molar refractivity (Wildman–Crippen MR) is 202 cm³/mol. The van der Waals surface area contributed by atoms with E-state index in [0.717, 1.165) is 27.7 Å². The van der Waals surface area contributed by atoms with Crippen molar-refractivity contribution in [2.45, 2.75) is 74.0 Å². The highest BCUT2D eigenvalue weighted by molar-refractivity contribution is 5.98. The molecule has 3 aromatic carbocycles. The molecule has 17 nitrogen and oxygen atoms in total. The molecule has 17 heteroatoms. The lowest BCUT2D eigenvalue weighted by atomic mass is 9.90. The third-order valence-corrected chi connectivity index (χ3v) is 9.85. The van der Waals surface area contributed by atoms with Gasteiger partial charge in [0.2, 0.25) is 11.6 Å². The fraction of sp³-hybridized carbons (Fsp3) is 0.390. The van der Waals surface area contributed by atoms with Crippen LogP contribution in [0.4, 0.5) is 0 Å². The van der Waals surface area contributed by atoms with Crippen molar-refractivity contribution in [2.75, 3.05) is 21.3 Å². The van der Waals surface area contributed by atoms with Gasteiger partial charge in [-0.2, -0.15) is 4.84 Å². The maximum absolute atomic E-state index is 14.5. The first kappa shape index (κ1) is 42.8. The number of hydrogen-bond donors (Lipinski definition) is 0. The van der Waals surface area contributed by atoms with Gasteiger partial charge in [-0.25, -0.2) is 0 Å². The number of esters is 4. The van der Waals surface area contributed by atoms with E-state index in [1.807, 2.05) is 13.8 Å². The van der Waals surface area contributed by atoms with E-state index in [2.05, 4.69) is 0 Å². The summed E-state index contributed by atoms with van der Waals surface area (Å²) in [6, 6.07) is 10.5. The highest BCUT2D eigenvalue weighted by Crippen LogP contribution is 2.59. The zero-order valence-corrected chi connectivity index (χ0v) is 34.1. The number of allylic oxidation sites excluding steroid dienone is 1. The van der Waals surface area contributed by atoms with E-state index in [9.17, 15) is 29.5 Å². The van der Waals surface area contributed by atoms with Crippen LogP contribution < -0.4 is 38.4 Å². The number of quaternary nitrogens is 1. The summed E-state index contributed by atoms with van der Waals surface area (Å²) in [6.07, 6.45) is 0.751. The van der Waals surface area contributed by atoms with Crippen molar-refractivity contribution < 1.29 is 76.7 Å². The van der Waals surface area contributed by atoms with Crippen LogP contribution >= 0.6 is 0 Å². The first-order chi connectivity index (χ1) is 27.5. The molecule has 4 unspecified atom stereocenters. The molecule has 3 aromatic rings. The third kappa shape index (κ3) is 7.11. The second kappa shape index (κ2) is 16.6. The summed E-state index contributed by atoms with van der Waals surface area (Å²) in [5, 5.41) is 28.7. The van der Waals surface area contributed by atoms with E-state index in [-0.39, 0.29) is 56.8 Å². The summed E-state index contributed by atoms with van der Waals surface area (Å²) in [6.45, 7) is 11.5. The molecule has 0 aliphatic carbocycles. The van der Waals surface area contributed by atoms with Gasteiger partial charge in [0.05, 0.1) is 36.1 Å². The summed E-state index contributed by atoms with van der Waals surface area (Å²) in [5.41, 5.74) is -2.21. The summed E-state index contributed by atoms with van der Waals surface area (Å²) in [4.78, 5) is 62.5. The second-order valence-electron chi connectivity index (χ2n) is 13.6. The Labute approximate surface area is 334 Å². The predicted octanol–water partition coefficient (Wildman–Crippen LogP) is 5.68. The second-order valence-corrected chi connectivity index (χ2v) is 13.6. The van der Waals surface area contributed by atoms with Crippen LogP contribution in [0.2, 0.25) is 0 Å². The zero-order chi connectivity index (χ0) is 42.9. The molecule has 2 heterocycles. The number of ether oxygens (including phenoxy) is 7. The molecule has 0 amide bonds. The molecule has 0 saturated carbocycles. The SMILES string of the molecule is CCC(C)C1=C([O-])[N+]2(OC)Oc3ccc(-c4c(OC(C)=O)c(OC(C)=O)c(-c5ccc(OC)cc5)c(OC(C)=O)c4OC(C)=O)cc3OC2(C(C)CC)C(OC)=[N+]1[O-]. The van der Waals surface area contributed by atoms with E-state index in [0.29, 0.717) is 23.3 Å². The first-order valence-corrected chi connectivity index (χ1v) is 18.4. The summed E-state index contributed by atoms with van der Waals surface area (Å²) in [7, 11) is 3.97. The van der Waals surface area contributed by atoms with Gasteiger partial charge in [-0.05, 0) is 54.3 Å². The normalized spacial score (nSPS) is 19.4. The third-order valence-electron chi connectivity index (χ3n) is 9.85. The Morgan fingerprint density at radius 3 is 1.62 bits per heavy atom. The molecule has 0 saturated heterocycles. The quantitative estimate of drug-likeness (QED) is 0.0711. The Kier molecular flexibility index (Phi) is 12.3. The zero-order valence-electron chi connectivity index (χ0n) is 34.1. The molecule has 0 spiro atoms. The van der Waals surface area contributed by atoms with Crippen LogP contribution in [0.1, 0.15) is 68.2 Å². The molecule has 58 heavy (non-hydrogen) atoms. The minimum Gasteiger partial charge on any atom is -0.821 e. The number of benzene rings is 3. The van der Waals surface area contributed by atoms with Gasteiger partial charge >= 0.3 is 35.5 Å². The smallest absolute Gasteiger partial charge is 0.470 e. The summed E-state index contributed by atoms with van der Waals surface area (Å²) < 4.78 is 41.3. The van der Waals surface area contributed by atoms with Crippen molar-refractivity contribution in [3.05, 3.63) is 59.3 Å². The fourth-order valence-electron chi connectivity index (χ4n) is 6.98. The van der Waals surface area contributed by atoms with Gasteiger partial charge in [-0.15, -0.1) is 4.74 Å². The fourth-order valence-corrected chi connectivity index (χ4v) is 6.98. The Bertz CT molecular complexity index is 2160. The minimum absolute atomic E-state index is 0.0328. The van der Waals surface area contributed by atoms with Crippen LogP contribution in [0.15, 0.2) is 54.0 Å². The van der Waals surface area contributed by atoms with E-state index in [4.69, 9.17) is 42.8 Å². The van der Waals surface area contributed by atoms with Gasteiger partial charge < -0.3 is 43.5 Å². The Morgan fingerprint density at radius 1 is 0.724 bits per heavy atom. The van der Waals surface area contributed by atoms with E-state index in [1.54, 1.807) is 38.1 Å². The molecule has 0 radical (unpaired) electrons. The molecule has 4 atom stereocenters. The standard InChI is InChI=1S/C41H46N2O15/c1-12-21(3)34-39(48)43(52-11)41(22(4)13-2,40(51-10)42(34)49)57-31-20-28(16-19-30(31)58-43)33-37(55-25(7)46)35(53-23(5)44)32(27-14-17-29(50-9)18-15-27)36(54-24(6)45)38(33)56-26(8)47/h14-22H,12-13H2,1-11H3. The Hall–Kier alpha value is -6.33. The van der Waals surface area contributed by atoms with Crippen LogP contribution in [0.5, 0.6) is 40.2 Å². The van der Waals surface area contributed by atoms with Gasteiger partial charge in [0.15, 0.2) is 28.7 Å². The molecule has 0 N–H and O–H groups in total. The molecule has 310 valence electrons. The maximum atomic E-state index is 14.5. The maximum Gasteiger partial charge on any atom is 0.470 e. The lowest BCUT2D eigenvalue weighted by Crippen LogP contribution is -2.79. The van der Waals surface area contributed by atoms with Crippen LogP contribution in [0.25, 0.3) is 22.3 Å². The Balaban J connectivity index is 1.94. The number of methoxy groups -OCH3 is 2. The monoisotopic (exact) mass is 806 g/mol. The van der Waals surface area contributed by atoms with Crippen LogP contribution in [-0.2, 0) is 28.8 Å². The van der Waals surface area contributed by atoms with E-state index in [1.165, 1.54) is 39.5 Å². The van der Waals surface area contributed by atoms with Gasteiger partial charge in [-0.1, -0.05) is 39.8 Å². The molecule has 2 aliphatic rings. The van der Waals surface area contributed by atoms with Crippen molar-refractivity contribution in [3.8, 4) is 62.5 Å². The first-order valence-electron chi connectivity index (χ1n) is 18.4. The number of nitrogens with zero attached hydrogens (tertiary/aromatic N) is 2. The van der Waals surface area contributed by atoms with Crippen molar-refractivity contribution in [1.29, 1.82) is 0 Å².